The summed E-state index contributed by atoms with van der Waals surface area (Å²) in [5.41, 5.74) is 0.776. The van der Waals surface area contributed by atoms with Gasteiger partial charge in [-0.25, -0.2) is 4.39 Å². The maximum absolute atomic E-state index is 13.0. The SMILES string of the molecule is Cc1cc(C(=O)CS(=O)CCCO)ccc1F. The van der Waals surface area contributed by atoms with Gasteiger partial charge in [0.05, 0.1) is 5.75 Å². The Hall–Kier alpha value is -1.07. The van der Waals surface area contributed by atoms with Gasteiger partial charge < -0.3 is 5.11 Å². The van der Waals surface area contributed by atoms with Crippen LogP contribution in [0.5, 0.6) is 0 Å². The quantitative estimate of drug-likeness (QED) is 0.786. The fourth-order valence-electron chi connectivity index (χ4n) is 1.35. The number of halogens is 1. The molecule has 1 aromatic carbocycles. The van der Waals surface area contributed by atoms with E-state index >= 15 is 0 Å². The number of aliphatic hydroxyl groups is 1. The van der Waals surface area contributed by atoms with Gasteiger partial charge in [0.1, 0.15) is 5.82 Å². The first-order valence-corrected chi connectivity index (χ1v) is 6.78. The number of hydrogen-bond donors (Lipinski definition) is 1. The number of carbonyl (C=O) groups is 1. The highest BCUT2D eigenvalue weighted by Crippen LogP contribution is 2.10. The molecule has 5 heteroatoms. The molecule has 0 fully saturated rings. The second-order valence-corrected chi connectivity index (χ2v) is 5.33. The smallest absolute Gasteiger partial charge is 0.175 e. The third kappa shape index (κ3) is 4.36. The third-order valence-corrected chi connectivity index (χ3v) is 3.63. The van der Waals surface area contributed by atoms with Crippen molar-refractivity contribution in [2.45, 2.75) is 13.3 Å². The van der Waals surface area contributed by atoms with E-state index in [0.717, 1.165) is 0 Å². The van der Waals surface area contributed by atoms with Crippen LogP contribution in [0.2, 0.25) is 0 Å². The van der Waals surface area contributed by atoms with Crippen LogP contribution in [0, 0.1) is 12.7 Å². The Morgan fingerprint density at radius 1 is 1.47 bits per heavy atom. The largest absolute Gasteiger partial charge is 0.396 e. The van der Waals surface area contributed by atoms with E-state index in [2.05, 4.69) is 0 Å². The average molecular weight is 258 g/mol. The molecule has 0 aliphatic rings. The summed E-state index contributed by atoms with van der Waals surface area (Å²) in [7, 11) is -1.27. The number of ketones is 1. The molecule has 1 atom stereocenters. The zero-order valence-electron chi connectivity index (χ0n) is 9.61. The molecule has 3 nitrogen and oxygen atoms in total. The number of carbonyl (C=O) groups excluding carboxylic acids is 1. The molecule has 0 amide bonds. The van der Waals surface area contributed by atoms with Crippen LogP contribution in [0.4, 0.5) is 4.39 Å². The molecule has 1 rings (SSSR count). The molecule has 0 bridgehead atoms. The van der Waals surface area contributed by atoms with Crippen molar-refractivity contribution in [1.29, 1.82) is 0 Å². The van der Waals surface area contributed by atoms with Crippen LogP contribution in [-0.4, -0.2) is 33.2 Å². The Morgan fingerprint density at radius 2 is 2.18 bits per heavy atom. The summed E-state index contributed by atoms with van der Waals surface area (Å²) in [6.07, 6.45) is 0.419. The molecule has 0 aliphatic carbocycles. The summed E-state index contributed by atoms with van der Waals surface area (Å²) in [6, 6.07) is 4.09. The van der Waals surface area contributed by atoms with Gasteiger partial charge in [-0.2, -0.15) is 0 Å². The molecule has 0 spiro atoms. The van der Waals surface area contributed by atoms with Gasteiger partial charge in [-0.3, -0.25) is 9.00 Å². The first-order valence-electron chi connectivity index (χ1n) is 5.29. The second kappa shape index (κ2) is 6.61. The number of benzene rings is 1. The van der Waals surface area contributed by atoms with Gasteiger partial charge in [0.25, 0.3) is 0 Å². The molecule has 17 heavy (non-hydrogen) atoms. The highest BCUT2D eigenvalue weighted by atomic mass is 32.2. The van der Waals surface area contributed by atoms with E-state index in [9.17, 15) is 13.4 Å². The van der Waals surface area contributed by atoms with Crippen molar-refractivity contribution in [3.63, 3.8) is 0 Å². The highest BCUT2D eigenvalue weighted by Gasteiger charge is 2.11. The molecule has 1 unspecified atom stereocenters. The third-order valence-electron chi connectivity index (χ3n) is 2.30. The lowest BCUT2D eigenvalue weighted by Gasteiger charge is -2.03. The first-order chi connectivity index (χ1) is 8.04. The standard InChI is InChI=1S/C12H15FO3S/c1-9-7-10(3-4-11(9)13)12(15)8-17(16)6-2-5-14/h3-4,7,14H,2,5-6,8H2,1H3. The van der Waals surface area contributed by atoms with E-state index in [1.807, 2.05) is 0 Å². The molecule has 0 heterocycles. The fourth-order valence-corrected chi connectivity index (χ4v) is 2.40. The molecule has 0 aliphatic heterocycles. The van der Waals surface area contributed by atoms with Gasteiger partial charge in [-0.15, -0.1) is 0 Å². The number of Topliss-reactive ketones (excluding diaryl/α,β-unsaturated/α-hetero) is 1. The lowest BCUT2D eigenvalue weighted by atomic mass is 10.1. The molecular weight excluding hydrogens is 243 g/mol. The number of aliphatic hydroxyl groups excluding tert-OH is 1. The Morgan fingerprint density at radius 3 is 2.76 bits per heavy atom. The molecular formula is C12H15FO3S. The van der Waals surface area contributed by atoms with Crippen LogP contribution in [0.15, 0.2) is 18.2 Å². The Labute approximate surface area is 102 Å². The maximum atomic E-state index is 13.0. The summed E-state index contributed by atoms with van der Waals surface area (Å²) >= 11 is 0. The Balaban J connectivity index is 2.63. The maximum Gasteiger partial charge on any atom is 0.175 e. The summed E-state index contributed by atoms with van der Waals surface area (Å²) in [5, 5.41) is 8.57. The van der Waals surface area contributed by atoms with Crippen LogP contribution in [0.1, 0.15) is 22.3 Å². The predicted molar refractivity (Wildman–Crippen MR) is 65.0 cm³/mol. The van der Waals surface area contributed by atoms with Gasteiger partial charge in [0, 0.05) is 28.7 Å². The predicted octanol–water partition coefficient (Wildman–Crippen LogP) is 1.45. The van der Waals surface area contributed by atoms with Crippen molar-refractivity contribution in [1.82, 2.24) is 0 Å². The first kappa shape index (κ1) is 14.0. The monoisotopic (exact) mass is 258 g/mol. The molecule has 0 radical (unpaired) electrons. The molecule has 1 aromatic rings. The van der Waals surface area contributed by atoms with Crippen molar-refractivity contribution in [2.75, 3.05) is 18.1 Å². The van der Waals surface area contributed by atoms with Crippen LogP contribution >= 0.6 is 0 Å². The van der Waals surface area contributed by atoms with Gasteiger partial charge in [-0.05, 0) is 37.1 Å². The van der Waals surface area contributed by atoms with E-state index in [1.54, 1.807) is 6.92 Å². The minimum Gasteiger partial charge on any atom is -0.396 e. The van der Waals surface area contributed by atoms with Gasteiger partial charge >= 0.3 is 0 Å². The second-order valence-electron chi connectivity index (χ2n) is 3.75. The van der Waals surface area contributed by atoms with Crippen molar-refractivity contribution in [3.8, 4) is 0 Å². The summed E-state index contributed by atoms with van der Waals surface area (Å²) in [6.45, 7) is 1.55. The fraction of sp³-hybridized carbons (Fsp3) is 0.417. The van der Waals surface area contributed by atoms with E-state index in [4.69, 9.17) is 5.11 Å². The highest BCUT2D eigenvalue weighted by molar-refractivity contribution is 7.85. The van der Waals surface area contributed by atoms with Crippen LogP contribution in [0.25, 0.3) is 0 Å². The lowest BCUT2D eigenvalue weighted by molar-refractivity contribution is 0.102. The van der Waals surface area contributed by atoms with Gasteiger partial charge in [0.2, 0.25) is 0 Å². The van der Waals surface area contributed by atoms with Crippen molar-refractivity contribution < 1.29 is 18.5 Å². The van der Waals surface area contributed by atoms with Crippen molar-refractivity contribution in [2.24, 2.45) is 0 Å². The topological polar surface area (TPSA) is 54.4 Å². The zero-order valence-corrected chi connectivity index (χ0v) is 10.4. The molecule has 0 saturated carbocycles. The zero-order chi connectivity index (χ0) is 12.8. The molecule has 0 aromatic heterocycles. The van der Waals surface area contributed by atoms with E-state index in [-0.39, 0.29) is 24.0 Å². The minimum atomic E-state index is -1.27. The van der Waals surface area contributed by atoms with Crippen LogP contribution in [0.3, 0.4) is 0 Å². The number of rotatable bonds is 6. The van der Waals surface area contributed by atoms with Crippen molar-refractivity contribution in [3.05, 3.63) is 35.1 Å². The average Bonchev–Trinajstić information content (AvgIpc) is 2.30. The summed E-state index contributed by atoms with van der Waals surface area (Å²) in [4.78, 5) is 11.7. The number of aryl methyl sites for hydroxylation is 1. The van der Waals surface area contributed by atoms with Crippen molar-refractivity contribution >= 4 is 16.6 Å². The van der Waals surface area contributed by atoms with E-state index in [1.165, 1.54) is 18.2 Å². The Bertz CT molecular complexity index is 432. The Kier molecular flexibility index (Phi) is 5.44. The van der Waals surface area contributed by atoms with Crippen LogP contribution < -0.4 is 0 Å². The van der Waals surface area contributed by atoms with E-state index < -0.39 is 10.8 Å². The lowest BCUT2D eigenvalue weighted by Crippen LogP contribution is -2.14. The molecule has 94 valence electrons. The summed E-state index contributed by atoms with van der Waals surface area (Å²) < 4.78 is 24.4. The normalized spacial score (nSPS) is 12.4. The summed E-state index contributed by atoms with van der Waals surface area (Å²) in [5.74, 6) is -0.389. The van der Waals surface area contributed by atoms with Crippen LogP contribution in [-0.2, 0) is 10.8 Å². The number of hydrogen-bond acceptors (Lipinski definition) is 3. The minimum absolute atomic E-state index is 0.0322. The molecule has 1 N–H and O–H groups in total. The van der Waals surface area contributed by atoms with Gasteiger partial charge in [-0.1, -0.05) is 0 Å². The van der Waals surface area contributed by atoms with E-state index in [0.29, 0.717) is 23.3 Å². The molecule has 0 saturated heterocycles. The van der Waals surface area contributed by atoms with Gasteiger partial charge in [0.15, 0.2) is 5.78 Å².